The van der Waals surface area contributed by atoms with Crippen LogP contribution in [-0.2, 0) is 14.2 Å². The van der Waals surface area contributed by atoms with E-state index in [1.54, 1.807) is 36.8 Å². The molecule has 190 valence electrons. The van der Waals surface area contributed by atoms with Crippen molar-refractivity contribution in [2.75, 3.05) is 12.9 Å². The van der Waals surface area contributed by atoms with Crippen molar-refractivity contribution < 1.29 is 23.8 Å². The molecule has 0 unspecified atom stereocenters. The highest BCUT2D eigenvalue weighted by Crippen LogP contribution is 2.35. The molecule has 2 aromatic heterocycles. The molecule has 9 heteroatoms. The van der Waals surface area contributed by atoms with Crippen LogP contribution >= 0.6 is 11.8 Å². The normalized spacial score (nSPS) is 19.2. The first-order valence-electron chi connectivity index (χ1n) is 12.0. The van der Waals surface area contributed by atoms with Gasteiger partial charge in [-0.15, -0.1) is 11.8 Å². The van der Waals surface area contributed by atoms with Crippen molar-refractivity contribution in [1.82, 2.24) is 14.5 Å². The Kier molecular flexibility index (Phi) is 7.25. The van der Waals surface area contributed by atoms with Crippen LogP contribution < -0.4 is 0 Å². The van der Waals surface area contributed by atoms with Gasteiger partial charge < -0.3 is 18.8 Å². The van der Waals surface area contributed by atoms with Gasteiger partial charge in [-0.3, -0.25) is 0 Å². The Hall–Kier alpha value is -3.69. The summed E-state index contributed by atoms with van der Waals surface area (Å²) in [5, 5.41) is 0.820. The largest absolute Gasteiger partial charge is 0.459 e. The molecule has 0 spiro atoms. The van der Waals surface area contributed by atoms with Crippen LogP contribution in [0.25, 0.3) is 11.0 Å². The van der Waals surface area contributed by atoms with Crippen molar-refractivity contribution in [3.05, 3.63) is 89.4 Å². The maximum absolute atomic E-state index is 12.9. The molecule has 1 saturated heterocycles. The van der Waals surface area contributed by atoms with Crippen LogP contribution in [0.3, 0.4) is 0 Å². The number of rotatable bonds is 7. The molecule has 1 aliphatic heterocycles. The molecular weight excluding hydrogens is 490 g/mol. The Bertz CT molecular complexity index is 1420. The summed E-state index contributed by atoms with van der Waals surface area (Å²) in [4.78, 5) is 34.5. The van der Waals surface area contributed by atoms with Gasteiger partial charge in [-0.05, 0) is 50.4 Å². The first-order valence-corrected chi connectivity index (χ1v) is 13.2. The molecule has 3 atom stereocenters. The van der Waals surface area contributed by atoms with E-state index in [0.717, 1.165) is 27.2 Å². The molecule has 5 rings (SSSR count). The number of ether oxygens (including phenoxy) is 3. The van der Waals surface area contributed by atoms with Gasteiger partial charge in [0.05, 0.1) is 23.0 Å². The van der Waals surface area contributed by atoms with Gasteiger partial charge in [0.15, 0.2) is 0 Å². The van der Waals surface area contributed by atoms with E-state index in [4.69, 9.17) is 14.2 Å². The van der Waals surface area contributed by atoms with E-state index in [9.17, 15) is 9.59 Å². The maximum atomic E-state index is 12.9. The average Bonchev–Trinajstić information content (AvgIpc) is 3.52. The Morgan fingerprint density at radius 1 is 0.973 bits per heavy atom. The van der Waals surface area contributed by atoms with E-state index >= 15 is 0 Å². The SMILES string of the molecule is CSc1nccc2c1ncn2[C@H]1C[C@H](OC(=O)c2ccc(C)cc2)[C@@H](COC(=O)c2ccc(C)cc2)O1. The van der Waals surface area contributed by atoms with Gasteiger partial charge in [-0.2, -0.15) is 0 Å². The summed E-state index contributed by atoms with van der Waals surface area (Å²) in [5.41, 5.74) is 4.65. The van der Waals surface area contributed by atoms with Crippen LogP contribution in [0.1, 0.15) is 44.5 Å². The van der Waals surface area contributed by atoms with E-state index in [1.807, 2.05) is 55.0 Å². The van der Waals surface area contributed by atoms with E-state index in [2.05, 4.69) is 9.97 Å². The quantitative estimate of drug-likeness (QED) is 0.246. The van der Waals surface area contributed by atoms with Gasteiger partial charge in [0, 0.05) is 12.6 Å². The zero-order valence-electron chi connectivity index (χ0n) is 20.8. The standard InChI is InChI=1S/C28H27N3O5S/c1-17-4-8-19(9-5-17)27(32)34-15-23-22(36-28(33)20-10-6-18(2)7-11-20)14-24(35-23)31-16-30-25-21(31)12-13-29-26(25)37-3/h4-13,16,22-24H,14-15H2,1-3H3/t22-,23+,24+/m0/s1. The number of hydrogen-bond donors (Lipinski definition) is 0. The average molecular weight is 518 g/mol. The Labute approximate surface area is 219 Å². The summed E-state index contributed by atoms with van der Waals surface area (Å²) in [6, 6.07) is 16.2. The highest BCUT2D eigenvalue weighted by atomic mass is 32.2. The number of esters is 2. The molecule has 0 bridgehead atoms. The summed E-state index contributed by atoms with van der Waals surface area (Å²) >= 11 is 1.52. The predicted octanol–water partition coefficient (Wildman–Crippen LogP) is 5.14. The maximum Gasteiger partial charge on any atom is 0.338 e. The second kappa shape index (κ2) is 10.7. The third kappa shape index (κ3) is 5.38. The van der Waals surface area contributed by atoms with Crippen molar-refractivity contribution in [2.24, 2.45) is 0 Å². The number of carbonyl (C=O) groups excluding carboxylic acids is 2. The zero-order valence-corrected chi connectivity index (χ0v) is 21.6. The van der Waals surface area contributed by atoms with Gasteiger partial charge in [0.25, 0.3) is 0 Å². The molecule has 37 heavy (non-hydrogen) atoms. The summed E-state index contributed by atoms with van der Waals surface area (Å²) in [7, 11) is 0. The molecule has 1 aliphatic rings. The number of aromatic nitrogens is 3. The highest BCUT2D eigenvalue weighted by molar-refractivity contribution is 7.98. The third-order valence-electron chi connectivity index (χ3n) is 6.35. The van der Waals surface area contributed by atoms with Gasteiger partial charge in [0.1, 0.15) is 35.6 Å². The minimum Gasteiger partial charge on any atom is -0.459 e. The van der Waals surface area contributed by atoms with Crippen LogP contribution in [0.5, 0.6) is 0 Å². The fourth-order valence-electron chi connectivity index (χ4n) is 4.29. The van der Waals surface area contributed by atoms with E-state index in [1.165, 1.54) is 11.8 Å². The van der Waals surface area contributed by atoms with Gasteiger partial charge in [-0.1, -0.05) is 35.4 Å². The molecule has 3 heterocycles. The molecule has 0 N–H and O–H groups in total. The topological polar surface area (TPSA) is 92.5 Å². The van der Waals surface area contributed by atoms with Crippen LogP contribution in [0.2, 0.25) is 0 Å². The number of thioether (sulfide) groups is 1. The summed E-state index contributed by atoms with van der Waals surface area (Å²) in [5.74, 6) is -0.909. The van der Waals surface area contributed by atoms with Crippen LogP contribution in [0.15, 0.2) is 72.1 Å². The number of carbonyl (C=O) groups is 2. The second-order valence-electron chi connectivity index (χ2n) is 8.98. The fourth-order valence-corrected chi connectivity index (χ4v) is 4.80. The molecular formula is C28H27N3O5S. The van der Waals surface area contributed by atoms with Crippen molar-refractivity contribution in [2.45, 2.75) is 43.7 Å². The lowest BCUT2D eigenvalue weighted by molar-refractivity contribution is -0.0562. The molecule has 8 nitrogen and oxygen atoms in total. The van der Waals surface area contributed by atoms with E-state index in [-0.39, 0.29) is 6.61 Å². The summed E-state index contributed by atoms with van der Waals surface area (Å²) < 4.78 is 19.7. The monoisotopic (exact) mass is 517 g/mol. The second-order valence-corrected chi connectivity index (χ2v) is 9.77. The minimum atomic E-state index is -0.645. The lowest BCUT2D eigenvalue weighted by Crippen LogP contribution is -2.32. The van der Waals surface area contributed by atoms with Gasteiger partial charge in [0.2, 0.25) is 0 Å². The molecule has 0 radical (unpaired) electrons. The minimum absolute atomic E-state index is 0.0562. The number of pyridine rings is 1. The Morgan fingerprint density at radius 2 is 1.62 bits per heavy atom. The number of fused-ring (bicyclic) bond motifs is 1. The first-order chi connectivity index (χ1) is 17.9. The van der Waals surface area contributed by atoms with Gasteiger partial charge in [-0.25, -0.2) is 19.6 Å². The zero-order chi connectivity index (χ0) is 25.9. The van der Waals surface area contributed by atoms with Crippen LogP contribution in [0.4, 0.5) is 0 Å². The van der Waals surface area contributed by atoms with E-state index in [0.29, 0.717) is 17.5 Å². The molecule has 0 aliphatic carbocycles. The Balaban J connectivity index is 1.36. The molecule has 4 aromatic rings. The smallest absolute Gasteiger partial charge is 0.338 e. The lowest BCUT2D eigenvalue weighted by atomic mass is 10.1. The molecule has 0 amide bonds. The third-order valence-corrected chi connectivity index (χ3v) is 7.04. The van der Waals surface area contributed by atoms with Crippen molar-refractivity contribution in [3.8, 4) is 0 Å². The van der Waals surface area contributed by atoms with Gasteiger partial charge >= 0.3 is 11.9 Å². The van der Waals surface area contributed by atoms with Crippen molar-refractivity contribution >= 4 is 34.7 Å². The Morgan fingerprint density at radius 3 is 2.27 bits per heavy atom. The molecule has 0 saturated carbocycles. The number of hydrogen-bond acceptors (Lipinski definition) is 8. The first kappa shape index (κ1) is 25.0. The predicted molar refractivity (Wildman–Crippen MR) is 140 cm³/mol. The fraction of sp³-hybridized carbons (Fsp3) is 0.286. The number of benzene rings is 2. The van der Waals surface area contributed by atoms with Crippen LogP contribution in [0, 0.1) is 13.8 Å². The molecule has 2 aromatic carbocycles. The summed E-state index contributed by atoms with van der Waals surface area (Å²) in [6.45, 7) is 3.85. The number of nitrogens with zero attached hydrogens (tertiary/aromatic N) is 3. The van der Waals surface area contributed by atoms with Crippen molar-refractivity contribution in [1.29, 1.82) is 0 Å². The highest BCUT2D eigenvalue weighted by Gasteiger charge is 2.40. The van der Waals surface area contributed by atoms with Crippen molar-refractivity contribution in [3.63, 3.8) is 0 Å². The number of aryl methyl sites for hydroxylation is 2. The molecule has 1 fully saturated rings. The van der Waals surface area contributed by atoms with E-state index < -0.39 is 30.4 Å². The lowest BCUT2D eigenvalue weighted by Gasteiger charge is -2.19. The van der Waals surface area contributed by atoms with Crippen LogP contribution in [-0.4, -0.2) is 51.5 Å². The number of imidazole rings is 1. The summed E-state index contributed by atoms with van der Waals surface area (Å²) in [6.07, 6.45) is 4.05.